The van der Waals surface area contributed by atoms with E-state index in [-0.39, 0.29) is 0 Å². The summed E-state index contributed by atoms with van der Waals surface area (Å²) in [4.78, 5) is 2.30. The van der Waals surface area contributed by atoms with Crippen molar-refractivity contribution in [1.29, 1.82) is 5.26 Å². The number of benzene rings is 1. The van der Waals surface area contributed by atoms with Crippen LogP contribution < -0.4 is 0 Å². The Hall–Kier alpha value is -1.50. The summed E-state index contributed by atoms with van der Waals surface area (Å²) in [5.41, 5.74) is 3.05. The van der Waals surface area contributed by atoms with E-state index >= 15 is 0 Å². The van der Waals surface area contributed by atoms with E-state index in [1.807, 2.05) is 23.6 Å². The first-order chi connectivity index (χ1) is 8.74. The molecular formula is C15H13NS2. The van der Waals surface area contributed by atoms with Crippen LogP contribution in [0.1, 0.15) is 16.0 Å². The van der Waals surface area contributed by atoms with Gasteiger partial charge in [0.2, 0.25) is 0 Å². The standard InChI is InChI=1S/C15H13NS2/c1-11-8-12(5-6-14(11)17-2)9-13(10-16)15-4-3-7-18-15/h3-9H,1-2H3/b13-9+. The van der Waals surface area contributed by atoms with Crippen molar-refractivity contribution in [3.05, 3.63) is 51.7 Å². The molecule has 0 aliphatic rings. The van der Waals surface area contributed by atoms with Crippen molar-refractivity contribution >= 4 is 34.7 Å². The number of rotatable bonds is 3. The van der Waals surface area contributed by atoms with Gasteiger partial charge in [-0.1, -0.05) is 18.2 Å². The second kappa shape index (κ2) is 5.90. The highest BCUT2D eigenvalue weighted by molar-refractivity contribution is 7.98. The molecule has 0 atom stereocenters. The van der Waals surface area contributed by atoms with Crippen LogP contribution >= 0.6 is 23.1 Å². The van der Waals surface area contributed by atoms with Crippen LogP contribution in [0.2, 0.25) is 0 Å². The summed E-state index contributed by atoms with van der Waals surface area (Å²) in [6, 6.07) is 12.5. The first kappa shape index (κ1) is 12.9. The van der Waals surface area contributed by atoms with Crippen molar-refractivity contribution in [2.45, 2.75) is 11.8 Å². The summed E-state index contributed by atoms with van der Waals surface area (Å²) in [6.45, 7) is 2.10. The van der Waals surface area contributed by atoms with Gasteiger partial charge in [-0.25, -0.2) is 0 Å². The van der Waals surface area contributed by atoms with Crippen LogP contribution in [0.5, 0.6) is 0 Å². The number of allylic oxidation sites excluding steroid dienone is 1. The number of hydrogen-bond donors (Lipinski definition) is 0. The van der Waals surface area contributed by atoms with Crippen molar-refractivity contribution in [1.82, 2.24) is 0 Å². The van der Waals surface area contributed by atoms with Gasteiger partial charge in [-0.05, 0) is 47.9 Å². The second-order valence-electron chi connectivity index (χ2n) is 3.88. The third-order valence-corrected chi connectivity index (χ3v) is 4.44. The van der Waals surface area contributed by atoms with E-state index in [1.54, 1.807) is 23.1 Å². The zero-order chi connectivity index (χ0) is 13.0. The lowest BCUT2D eigenvalue weighted by atomic mass is 10.1. The number of thiophene rings is 1. The molecule has 18 heavy (non-hydrogen) atoms. The molecule has 0 aliphatic carbocycles. The highest BCUT2D eigenvalue weighted by Gasteiger charge is 2.03. The van der Waals surface area contributed by atoms with Crippen LogP contribution in [-0.4, -0.2) is 6.26 Å². The van der Waals surface area contributed by atoms with Gasteiger partial charge >= 0.3 is 0 Å². The summed E-state index contributed by atoms with van der Waals surface area (Å²) in [5, 5.41) is 11.2. The van der Waals surface area contributed by atoms with Gasteiger partial charge in [-0.2, -0.15) is 5.26 Å². The average Bonchev–Trinajstić information content (AvgIpc) is 2.90. The number of hydrogen-bond acceptors (Lipinski definition) is 3. The fourth-order valence-electron chi connectivity index (χ4n) is 1.75. The van der Waals surface area contributed by atoms with Gasteiger partial charge in [0, 0.05) is 9.77 Å². The zero-order valence-corrected chi connectivity index (χ0v) is 11.9. The van der Waals surface area contributed by atoms with Crippen molar-refractivity contribution in [2.75, 3.05) is 6.26 Å². The highest BCUT2D eigenvalue weighted by atomic mass is 32.2. The van der Waals surface area contributed by atoms with Gasteiger partial charge in [0.15, 0.2) is 0 Å². The number of nitrogens with zero attached hydrogens (tertiary/aromatic N) is 1. The predicted octanol–water partition coefficient (Wildman–Crippen LogP) is 4.84. The monoisotopic (exact) mass is 271 g/mol. The Kier molecular flexibility index (Phi) is 4.24. The molecule has 0 radical (unpaired) electrons. The third kappa shape index (κ3) is 2.84. The molecule has 0 saturated carbocycles. The molecule has 2 rings (SSSR count). The molecule has 1 aromatic carbocycles. The van der Waals surface area contributed by atoms with Crippen LogP contribution in [0.15, 0.2) is 40.6 Å². The van der Waals surface area contributed by atoms with E-state index in [1.165, 1.54) is 10.5 Å². The topological polar surface area (TPSA) is 23.8 Å². The summed E-state index contributed by atoms with van der Waals surface area (Å²) in [6.07, 6.45) is 4.02. The molecular weight excluding hydrogens is 258 g/mol. The van der Waals surface area contributed by atoms with Gasteiger partial charge < -0.3 is 0 Å². The summed E-state index contributed by atoms with van der Waals surface area (Å²) in [5.74, 6) is 0. The molecule has 3 heteroatoms. The van der Waals surface area contributed by atoms with Gasteiger partial charge in [0.25, 0.3) is 0 Å². The molecule has 1 heterocycles. The highest BCUT2D eigenvalue weighted by Crippen LogP contribution is 2.25. The normalized spacial score (nSPS) is 11.3. The lowest BCUT2D eigenvalue weighted by Gasteiger charge is -2.03. The Morgan fingerprint density at radius 3 is 2.78 bits per heavy atom. The maximum absolute atomic E-state index is 9.21. The van der Waals surface area contributed by atoms with Gasteiger partial charge in [-0.3, -0.25) is 0 Å². The van der Waals surface area contributed by atoms with Crippen LogP contribution in [0.3, 0.4) is 0 Å². The van der Waals surface area contributed by atoms with E-state index < -0.39 is 0 Å². The van der Waals surface area contributed by atoms with Gasteiger partial charge in [-0.15, -0.1) is 23.1 Å². The Bertz CT molecular complexity index is 604. The minimum Gasteiger partial charge on any atom is -0.192 e. The Labute approximate surface area is 116 Å². The largest absolute Gasteiger partial charge is 0.192 e. The number of thioether (sulfide) groups is 1. The molecule has 0 fully saturated rings. The number of nitriles is 1. The SMILES string of the molecule is CSc1ccc(/C=C(\C#N)c2cccs2)cc1C. The van der Waals surface area contributed by atoms with Gasteiger partial charge in [0.1, 0.15) is 6.07 Å². The molecule has 1 nitrogen and oxygen atoms in total. The molecule has 0 bridgehead atoms. The van der Waals surface area contributed by atoms with Crippen molar-refractivity contribution < 1.29 is 0 Å². The first-order valence-electron chi connectivity index (χ1n) is 5.55. The Morgan fingerprint density at radius 1 is 1.39 bits per heavy atom. The molecule has 0 unspecified atom stereocenters. The van der Waals surface area contributed by atoms with E-state index in [4.69, 9.17) is 0 Å². The van der Waals surface area contributed by atoms with E-state index in [2.05, 4.69) is 37.4 Å². The van der Waals surface area contributed by atoms with E-state index in [0.29, 0.717) is 0 Å². The Morgan fingerprint density at radius 2 is 2.22 bits per heavy atom. The molecule has 2 aromatic rings. The maximum atomic E-state index is 9.21. The first-order valence-corrected chi connectivity index (χ1v) is 7.65. The molecule has 1 aromatic heterocycles. The van der Waals surface area contributed by atoms with Crippen LogP contribution in [0.25, 0.3) is 11.6 Å². The summed E-state index contributed by atoms with van der Waals surface area (Å²) in [7, 11) is 0. The lowest BCUT2D eigenvalue weighted by molar-refractivity contribution is 1.30. The third-order valence-electron chi connectivity index (χ3n) is 2.64. The second-order valence-corrected chi connectivity index (χ2v) is 5.67. The lowest BCUT2D eigenvalue weighted by Crippen LogP contribution is -1.82. The van der Waals surface area contributed by atoms with Crippen LogP contribution in [0.4, 0.5) is 0 Å². The van der Waals surface area contributed by atoms with Crippen molar-refractivity contribution in [3.63, 3.8) is 0 Å². The smallest absolute Gasteiger partial charge is 0.101 e. The van der Waals surface area contributed by atoms with Crippen molar-refractivity contribution in [2.24, 2.45) is 0 Å². The molecule has 0 N–H and O–H groups in total. The molecule has 90 valence electrons. The Balaban J connectivity index is 2.38. The maximum Gasteiger partial charge on any atom is 0.101 e. The minimum atomic E-state index is 0.723. The average molecular weight is 271 g/mol. The quantitative estimate of drug-likeness (QED) is 0.589. The van der Waals surface area contributed by atoms with E-state index in [0.717, 1.165) is 16.0 Å². The zero-order valence-electron chi connectivity index (χ0n) is 10.3. The summed E-state index contributed by atoms with van der Waals surface area (Å²) < 4.78 is 0. The molecule has 0 spiro atoms. The van der Waals surface area contributed by atoms with Crippen LogP contribution in [-0.2, 0) is 0 Å². The van der Waals surface area contributed by atoms with Crippen molar-refractivity contribution in [3.8, 4) is 6.07 Å². The predicted molar refractivity (Wildman–Crippen MR) is 80.8 cm³/mol. The fraction of sp³-hybridized carbons (Fsp3) is 0.133. The van der Waals surface area contributed by atoms with Gasteiger partial charge in [0.05, 0.1) is 5.57 Å². The summed E-state index contributed by atoms with van der Waals surface area (Å²) >= 11 is 3.33. The number of aryl methyl sites for hydroxylation is 1. The van der Waals surface area contributed by atoms with E-state index in [9.17, 15) is 5.26 Å². The fourth-order valence-corrected chi connectivity index (χ4v) is 3.03. The molecule has 0 aliphatic heterocycles. The molecule has 0 saturated heterocycles. The minimum absolute atomic E-state index is 0.723. The molecule has 0 amide bonds. The van der Waals surface area contributed by atoms with Crippen LogP contribution in [0, 0.1) is 18.3 Å².